The van der Waals surface area contributed by atoms with E-state index in [0.29, 0.717) is 5.69 Å². The largest absolute Gasteiger partial charge is 0.350 e. The fourth-order valence-corrected chi connectivity index (χ4v) is 5.34. The fraction of sp³-hybridized carbons (Fsp3) is 0.310. The van der Waals surface area contributed by atoms with Crippen molar-refractivity contribution in [2.45, 2.75) is 57.6 Å². The molecule has 1 atom stereocenters. The van der Waals surface area contributed by atoms with Crippen LogP contribution in [0.2, 0.25) is 0 Å². The molecule has 8 heteroatoms. The normalized spacial score (nSPS) is 12.5. The summed E-state index contributed by atoms with van der Waals surface area (Å²) >= 11 is 0. The van der Waals surface area contributed by atoms with Gasteiger partial charge in [-0.3, -0.25) is 13.9 Å². The SMILES string of the molecule is Cc1cccc(CN(C(=O)CN(c2ccccc2)S(=O)(=O)c2ccccc2)C(C)C(=O)NC(C)(C)C)c1. The number of amides is 2. The Morgan fingerprint density at radius 1 is 0.892 bits per heavy atom. The number of para-hydroxylation sites is 1. The molecule has 196 valence electrons. The van der Waals surface area contributed by atoms with Crippen LogP contribution in [-0.2, 0) is 26.2 Å². The van der Waals surface area contributed by atoms with Gasteiger partial charge < -0.3 is 10.2 Å². The molecule has 1 unspecified atom stereocenters. The second kappa shape index (κ2) is 11.6. The lowest BCUT2D eigenvalue weighted by Crippen LogP contribution is -2.54. The number of nitrogens with one attached hydrogen (secondary N) is 1. The highest BCUT2D eigenvalue weighted by molar-refractivity contribution is 7.92. The summed E-state index contributed by atoms with van der Waals surface area (Å²) in [5, 5.41) is 2.93. The highest BCUT2D eigenvalue weighted by Gasteiger charge is 2.33. The first-order chi connectivity index (χ1) is 17.4. The van der Waals surface area contributed by atoms with Crippen LogP contribution < -0.4 is 9.62 Å². The van der Waals surface area contributed by atoms with Crippen LogP contribution in [-0.4, -0.2) is 43.3 Å². The summed E-state index contributed by atoms with van der Waals surface area (Å²) in [5.41, 5.74) is 1.74. The van der Waals surface area contributed by atoms with Crippen molar-refractivity contribution >= 4 is 27.5 Å². The molecule has 1 N–H and O–H groups in total. The van der Waals surface area contributed by atoms with Crippen LogP contribution in [0.5, 0.6) is 0 Å². The van der Waals surface area contributed by atoms with Crippen molar-refractivity contribution in [3.05, 3.63) is 96.1 Å². The summed E-state index contributed by atoms with van der Waals surface area (Å²) in [5.74, 6) is -0.799. The van der Waals surface area contributed by atoms with E-state index >= 15 is 0 Å². The summed E-state index contributed by atoms with van der Waals surface area (Å²) in [4.78, 5) is 28.5. The zero-order valence-corrected chi connectivity index (χ0v) is 22.8. The van der Waals surface area contributed by atoms with Gasteiger partial charge in [-0.15, -0.1) is 0 Å². The molecular formula is C29H35N3O4S. The Balaban J connectivity index is 2.00. The van der Waals surface area contributed by atoms with Crippen LogP contribution in [0.15, 0.2) is 89.8 Å². The molecule has 0 saturated heterocycles. The van der Waals surface area contributed by atoms with Gasteiger partial charge in [0.15, 0.2) is 0 Å². The smallest absolute Gasteiger partial charge is 0.264 e. The third kappa shape index (κ3) is 7.43. The minimum atomic E-state index is -4.05. The molecule has 0 fully saturated rings. The molecule has 37 heavy (non-hydrogen) atoms. The molecule has 0 aromatic heterocycles. The Hall–Kier alpha value is -3.65. The van der Waals surface area contributed by atoms with Gasteiger partial charge in [0.25, 0.3) is 10.0 Å². The van der Waals surface area contributed by atoms with Crippen molar-refractivity contribution in [3.8, 4) is 0 Å². The average Bonchev–Trinajstić information content (AvgIpc) is 2.85. The summed E-state index contributed by atoms with van der Waals surface area (Å²) in [6.45, 7) is 8.92. The maximum atomic E-state index is 13.8. The van der Waals surface area contributed by atoms with Crippen molar-refractivity contribution in [2.75, 3.05) is 10.8 Å². The van der Waals surface area contributed by atoms with Crippen molar-refractivity contribution in [2.24, 2.45) is 0 Å². The Morgan fingerprint density at radius 2 is 1.49 bits per heavy atom. The molecule has 3 aromatic rings. The molecular weight excluding hydrogens is 486 g/mol. The van der Waals surface area contributed by atoms with E-state index in [9.17, 15) is 18.0 Å². The first-order valence-electron chi connectivity index (χ1n) is 12.2. The van der Waals surface area contributed by atoms with Crippen LogP contribution in [0.25, 0.3) is 0 Å². The number of sulfonamides is 1. The van der Waals surface area contributed by atoms with Crippen molar-refractivity contribution in [1.29, 1.82) is 0 Å². The molecule has 0 spiro atoms. The van der Waals surface area contributed by atoms with Crippen LogP contribution in [0.3, 0.4) is 0 Å². The van der Waals surface area contributed by atoms with E-state index in [1.807, 2.05) is 52.0 Å². The van der Waals surface area contributed by atoms with Gasteiger partial charge in [-0.1, -0.05) is 66.2 Å². The first-order valence-corrected chi connectivity index (χ1v) is 13.6. The Morgan fingerprint density at radius 3 is 2.05 bits per heavy atom. The van der Waals surface area contributed by atoms with E-state index in [1.54, 1.807) is 55.5 Å². The van der Waals surface area contributed by atoms with E-state index in [0.717, 1.165) is 15.4 Å². The molecule has 0 heterocycles. The van der Waals surface area contributed by atoms with E-state index < -0.39 is 34.1 Å². The Bertz CT molecular complexity index is 1320. The fourth-order valence-electron chi connectivity index (χ4n) is 3.91. The minimum absolute atomic E-state index is 0.0791. The molecule has 3 rings (SSSR count). The second-order valence-corrected chi connectivity index (χ2v) is 11.9. The molecule has 3 aromatic carbocycles. The van der Waals surface area contributed by atoms with E-state index in [2.05, 4.69) is 5.32 Å². The van der Waals surface area contributed by atoms with Gasteiger partial charge in [-0.05, 0) is 64.4 Å². The minimum Gasteiger partial charge on any atom is -0.350 e. The summed E-state index contributed by atoms with van der Waals surface area (Å²) in [6.07, 6.45) is 0. The van der Waals surface area contributed by atoms with Crippen molar-refractivity contribution < 1.29 is 18.0 Å². The topological polar surface area (TPSA) is 86.8 Å². The molecule has 0 saturated carbocycles. The van der Waals surface area contributed by atoms with Gasteiger partial charge in [0.05, 0.1) is 10.6 Å². The number of benzene rings is 3. The average molecular weight is 522 g/mol. The zero-order valence-electron chi connectivity index (χ0n) is 22.0. The summed E-state index contributed by atoms with van der Waals surface area (Å²) < 4.78 is 28.4. The number of nitrogens with zero attached hydrogens (tertiary/aromatic N) is 2. The standard InChI is InChI=1S/C29H35N3O4S/c1-22-13-12-14-24(19-22)20-31(23(2)28(34)30-29(3,4)5)27(33)21-32(25-15-8-6-9-16-25)37(35,36)26-17-10-7-11-18-26/h6-19,23H,20-21H2,1-5H3,(H,30,34). The first kappa shape index (κ1) is 27.9. The third-order valence-corrected chi connectivity index (χ3v) is 7.54. The molecule has 0 radical (unpaired) electrons. The van der Waals surface area contributed by atoms with E-state index in [4.69, 9.17) is 0 Å². The number of carbonyl (C=O) groups is 2. The predicted octanol–water partition coefficient (Wildman–Crippen LogP) is 4.52. The highest BCUT2D eigenvalue weighted by atomic mass is 32.2. The third-order valence-electron chi connectivity index (χ3n) is 5.76. The quantitative estimate of drug-likeness (QED) is 0.449. The van der Waals surface area contributed by atoms with E-state index in [-0.39, 0.29) is 17.3 Å². The Kier molecular flexibility index (Phi) is 8.76. The maximum absolute atomic E-state index is 13.8. The lowest BCUT2D eigenvalue weighted by Gasteiger charge is -2.33. The number of anilines is 1. The van der Waals surface area contributed by atoms with Crippen molar-refractivity contribution in [3.63, 3.8) is 0 Å². The van der Waals surface area contributed by atoms with Crippen LogP contribution in [0.4, 0.5) is 5.69 Å². The van der Waals surface area contributed by atoms with Crippen LogP contribution in [0, 0.1) is 6.92 Å². The number of rotatable bonds is 9. The van der Waals surface area contributed by atoms with Gasteiger partial charge in [0, 0.05) is 12.1 Å². The molecule has 2 amide bonds. The number of hydrogen-bond donors (Lipinski definition) is 1. The van der Waals surface area contributed by atoms with E-state index in [1.165, 1.54) is 17.0 Å². The monoisotopic (exact) mass is 521 g/mol. The molecule has 0 aliphatic carbocycles. The maximum Gasteiger partial charge on any atom is 0.264 e. The van der Waals surface area contributed by atoms with Crippen LogP contribution >= 0.6 is 0 Å². The van der Waals surface area contributed by atoms with Crippen molar-refractivity contribution in [1.82, 2.24) is 10.2 Å². The number of hydrogen-bond acceptors (Lipinski definition) is 4. The van der Waals surface area contributed by atoms with Crippen LogP contribution in [0.1, 0.15) is 38.8 Å². The molecule has 0 bridgehead atoms. The van der Waals surface area contributed by atoms with Gasteiger partial charge in [0.1, 0.15) is 12.6 Å². The van der Waals surface area contributed by atoms with Gasteiger partial charge in [0.2, 0.25) is 11.8 Å². The zero-order chi connectivity index (χ0) is 27.2. The Labute approximate surface area is 220 Å². The van der Waals surface area contributed by atoms with Gasteiger partial charge in [-0.2, -0.15) is 0 Å². The number of aryl methyl sites for hydroxylation is 1. The summed E-state index contributed by atoms with van der Waals surface area (Å²) in [6, 6.07) is 23.4. The number of carbonyl (C=O) groups excluding carboxylic acids is 2. The second-order valence-electron chi connectivity index (χ2n) is 10.1. The van der Waals surface area contributed by atoms with Gasteiger partial charge >= 0.3 is 0 Å². The highest BCUT2D eigenvalue weighted by Crippen LogP contribution is 2.24. The molecule has 0 aliphatic heterocycles. The predicted molar refractivity (Wildman–Crippen MR) is 147 cm³/mol. The lowest BCUT2D eigenvalue weighted by molar-refractivity contribution is -0.140. The van der Waals surface area contributed by atoms with Gasteiger partial charge in [-0.25, -0.2) is 8.42 Å². The summed E-state index contributed by atoms with van der Waals surface area (Å²) in [7, 11) is -4.05. The molecule has 7 nitrogen and oxygen atoms in total. The lowest BCUT2D eigenvalue weighted by atomic mass is 10.1. The molecule has 0 aliphatic rings.